The van der Waals surface area contributed by atoms with Crippen molar-refractivity contribution in [3.63, 3.8) is 0 Å². The minimum Gasteiger partial charge on any atom is -0.497 e. The van der Waals surface area contributed by atoms with Crippen LogP contribution in [0.15, 0.2) is 22.7 Å². The van der Waals surface area contributed by atoms with E-state index in [1.54, 1.807) is 32.4 Å². The van der Waals surface area contributed by atoms with E-state index in [0.29, 0.717) is 28.8 Å². The number of carbonyl (C=O) groups is 1. The summed E-state index contributed by atoms with van der Waals surface area (Å²) in [6.07, 6.45) is 0.142. The van der Waals surface area contributed by atoms with E-state index in [4.69, 9.17) is 18.7 Å². The lowest BCUT2D eigenvalue weighted by molar-refractivity contribution is -0.144. The molecule has 0 saturated carbocycles. The molecule has 0 amide bonds. The third-order valence-electron chi connectivity index (χ3n) is 4.86. The Labute approximate surface area is 181 Å². The molecule has 0 aliphatic carbocycles. The maximum Gasteiger partial charge on any atom is 0.310 e. The molecule has 0 saturated heterocycles. The van der Waals surface area contributed by atoms with Crippen LogP contribution >= 0.6 is 0 Å². The van der Waals surface area contributed by atoms with Crippen LogP contribution < -0.4 is 9.47 Å². The molecule has 0 spiro atoms. The molecule has 1 aromatic carbocycles. The molecule has 9 heteroatoms. The number of aromatic nitrogens is 4. The van der Waals surface area contributed by atoms with E-state index in [1.165, 1.54) is 0 Å². The van der Waals surface area contributed by atoms with Gasteiger partial charge in [-0.15, -0.1) is 0 Å². The van der Waals surface area contributed by atoms with Crippen molar-refractivity contribution < 1.29 is 23.5 Å². The van der Waals surface area contributed by atoms with Crippen LogP contribution in [-0.2, 0) is 29.1 Å². The van der Waals surface area contributed by atoms with Crippen molar-refractivity contribution in [3.05, 3.63) is 41.0 Å². The first-order chi connectivity index (χ1) is 14.8. The van der Waals surface area contributed by atoms with E-state index in [2.05, 4.69) is 29.1 Å². The fourth-order valence-electron chi connectivity index (χ4n) is 3.26. The predicted octanol–water partition coefficient (Wildman–Crippen LogP) is 3.51. The Morgan fingerprint density at radius 3 is 2.65 bits per heavy atom. The maximum atomic E-state index is 12.4. The minimum atomic E-state index is -0.378. The highest BCUT2D eigenvalue weighted by Gasteiger charge is 2.18. The third-order valence-corrected chi connectivity index (χ3v) is 4.86. The van der Waals surface area contributed by atoms with E-state index in [1.807, 2.05) is 18.5 Å². The summed E-state index contributed by atoms with van der Waals surface area (Å²) in [6, 6.07) is 5.28. The van der Waals surface area contributed by atoms with Crippen molar-refractivity contribution >= 4 is 5.97 Å². The molecule has 0 aliphatic heterocycles. The molecule has 166 valence electrons. The largest absolute Gasteiger partial charge is 0.497 e. The van der Waals surface area contributed by atoms with Gasteiger partial charge in [0.2, 0.25) is 5.82 Å². The van der Waals surface area contributed by atoms with E-state index < -0.39 is 0 Å². The topological polar surface area (TPSA) is 102 Å². The Bertz CT molecular complexity index is 1050. The van der Waals surface area contributed by atoms with Crippen molar-refractivity contribution in [3.8, 4) is 22.9 Å². The fourth-order valence-corrected chi connectivity index (χ4v) is 3.26. The van der Waals surface area contributed by atoms with Crippen LogP contribution in [0.1, 0.15) is 36.7 Å². The molecule has 2 aromatic heterocycles. The van der Waals surface area contributed by atoms with Crippen molar-refractivity contribution in [2.75, 3.05) is 14.2 Å². The first kappa shape index (κ1) is 22.3. The molecule has 2 heterocycles. The van der Waals surface area contributed by atoms with Gasteiger partial charge in [-0.2, -0.15) is 10.1 Å². The number of hydrogen-bond acceptors (Lipinski definition) is 8. The van der Waals surface area contributed by atoms with Crippen LogP contribution in [0.5, 0.6) is 11.5 Å². The molecular weight excluding hydrogens is 400 g/mol. The van der Waals surface area contributed by atoms with Crippen LogP contribution in [0.25, 0.3) is 11.4 Å². The van der Waals surface area contributed by atoms with Gasteiger partial charge in [0, 0.05) is 23.9 Å². The molecule has 0 radical (unpaired) electrons. The van der Waals surface area contributed by atoms with Gasteiger partial charge in [0.15, 0.2) is 6.61 Å². The van der Waals surface area contributed by atoms with Gasteiger partial charge in [0.1, 0.15) is 11.5 Å². The van der Waals surface area contributed by atoms with Gasteiger partial charge in [-0.3, -0.25) is 9.48 Å². The Hall–Kier alpha value is -3.36. The zero-order chi connectivity index (χ0) is 22.5. The lowest BCUT2D eigenvalue weighted by Crippen LogP contribution is -2.11. The first-order valence-electron chi connectivity index (χ1n) is 10.1. The minimum absolute atomic E-state index is 0.109. The van der Waals surface area contributed by atoms with Crippen LogP contribution in [0.3, 0.4) is 0 Å². The Kier molecular flexibility index (Phi) is 6.94. The highest BCUT2D eigenvalue weighted by Crippen LogP contribution is 2.31. The smallest absolute Gasteiger partial charge is 0.310 e. The van der Waals surface area contributed by atoms with E-state index in [0.717, 1.165) is 23.5 Å². The molecule has 31 heavy (non-hydrogen) atoms. The van der Waals surface area contributed by atoms with Gasteiger partial charge in [0.25, 0.3) is 5.89 Å². The second kappa shape index (κ2) is 9.63. The summed E-state index contributed by atoms with van der Waals surface area (Å²) in [5.41, 5.74) is 3.35. The number of rotatable bonds is 9. The number of carbonyl (C=O) groups excluding carboxylic acids is 1. The summed E-state index contributed by atoms with van der Waals surface area (Å²) in [4.78, 5) is 16.7. The van der Waals surface area contributed by atoms with Gasteiger partial charge in [-0.25, -0.2) is 0 Å². The zero-order valence-corrected chi connectivity index (χ0v) is 18.8. The second-order valence-corrected chi connectivity index (χ2v) is 7.64. The number of aryl methyl sites for hydroxylation is 1. The van der Waals surface area contributed by atoms with Crippen molar-refractivity contribution in [1.82, 2.24) is 19.9 Å². The molecule has 0 unspecified atom stereocenters. The molecule has 0 N–H and O–H groups in total. The Balaban J connectivity index is 1.64. The van der Waals surface area contributed by atoms with Gasteiger partial charge in [-0.05, 0) is 31.9 Å². The van der Waals surface area contributed by atoms with Gasteiger partial charge in [0.05, 0.1) is 31.9 Å². The average Bonchev–Trinajstić information content (AvgIpc) is 3.31. The van der Waals surface area contributed by atoms with Crippen LogP contribution in [0.4, 0.5) is 0 Å². The number of nitrogens with zero attached hydrogens (tertiary/aromatic N) is 4. The first-order valence-corrected chi connectivity index (χ1v) is 10.1. The van der Waals surface area contributed by atoms with Crippen LogP contribution in [0.2, 0.25) is 0 Å². The molecule has 9 nitrogen and oxygen atoms in total. The third kappa shape index (κ3) is 5.22. The normalized spacial score (nSPS) is 11.1. The summed E-state index contributed by atoms with van der Waals surface area (Å²) in [5, 5.41) is 8.49. The summed E-state index contributed by atoms with van der Waals surface area (Å²) in [7, 11) is 3.13. The van der Waals surface area contributed by atoms with Crippen molar-refractivity contribution in [1.29, 1.82) is 0 Å². The maximum absolute atomic E-state index is 12.4. The summed E-state index contributed by atoms with van der Waals surface area (Å²) in [6.45, 7) is 8.83. The van der Waals surface area contributed by atoms with E-state index in [-0.39, 0.29) is 24.9 Å². The number of methoxy groups -OCH3 is 2. The second-order valence-electron chi connectivity index (χ2n) is 7.64. The summed E-state index contributed by atoms with van der Waals surface area (Å²) >= 11 is 0. The lowest BCUT2D eigenvalue weighted by atomic mass is 10.1. The number of benzene rings is 1. The van der Waals surface area contributed by atoms with E-state index >= 15 is 0 Å². The van der Waals surface area contributed by atoms with E-state index in [9.17, 15) is 4.79 Å². The van der Waals surface area contributed by atoms with Crippen molar-refractivity contribution in [2.24, 2.45) is 5.92 Å². The van der Waals surface area contributed by atoms with Gasteiger partial charge < -0.3 is 18.7 Å². The number of hydrogen-bond donors (Lipinski definition) is 0. The molecule has 3 rings (SSSR count). The number of esters is 1. The molecule has 0 bridgehead atoms. The van der Waals surface area contributed by atoms with Crippen LogP contribution in [-0.4, -0.2) is 40.1 Å². The SMILES string of the molecule is COc1ccc(-c2noc(COC(=O)Cc3c(C)nn(CC(C)C)c3C)n2)c(OC)c1. The summed E-state index contributed by atoms with van der Waals surface area (Å²) in [5.74, 6) is 1.83. The van der Waals surface area contributed by atoms with Crippen molar-refractivity contribution in [2.45, 2.75) is 47.3 Å². The molecular formula is C22H28N4O5. The fraction of sp³-hybridized carbons (Fsp3) is 0.455. The van der Waals surface area contributed by atoms with Gasteiger partial charge >= 0.3 is 5.97 Å². The standard InChI is InChI=1S/C22H28N4O5/c1-13(2)11-26-15(4)18(14(3)24-26)10-21(27)30-12-20-23-22(25-31-20)17-8-7-16(28-5)9-19(17)29-6/h7-9,13H,10-12H2,1-6H3. The molecule has 0 atom stereocenters. The molecule has 0 fully saturated rings. The van der Waals surface area contributed by atoms with Crippen LogP contribution in [0, 0.1) is 19.8 Å². The monoisotopic (exact) mass is 428 g/mol. The Morgan fingerprint density at radius 2 is 1.97 bits per heavy atom. The Morgan fingerprint density at radius 1 is 1.19 bits per heavy atom. The predicted molar refractivity (Wildman–Crippen MR) is 113 cm³/mol. The highest BCUT2D eigenvalue weighted by atomic mass is 16.6. The average molecular weight is 428 g/mol. The number of ether oxygens (including phenoxy) is 3. The highest BCUT2D eigenvalue weighted by molar-refractivity contribution is 5.73. The summed E-state index contributed by atoms with van der Waals surface area (Å²) < 4.78 is 23.1. The quantitative estimate of drug-likeness (QED) is 0.477. The zero-order valence-electron chi connectivity index (χ0n) is 18.8. The lowest BCUT2D eigenvalue weighted by Gasteiger charge is -2.08. The van der Waals surface area contributed by atoms with Gasteiger partial charge in [-0.1, -0.05) is 19.0 Å². The molecule has 3 aromatic rings. The molecule has 0 aliphatic rings.